The van der Waals surface area contributed by atoms with Gasteiger partial charge in [0.1, 0.15) is 0 Å². The molecule has 1 fully saturated rings. The summed E-state index contributed by atoms with van der Waals surface area (Å²) in [6.45, 7) is 11.5. The lowest BCUT2D eigenvalue weighted by atomic mass is 10.1. The van der Waals surface area contributed by atoms with E-state index in [9.17, 15) is 4.79 Å². The summed E-state index contributed by atoms with van der Waals surface area (Å²) in [6, 6.07) is 10.4. The van der Waals surface area contributed by atoms with Crippen molar-refractivity contribution < 1.29 is 9.32 Å². The Bertz CT molecular complexity index is 756. The molecule has 1 aromatic heterocycles. The number of amides is 1. The van der Waals surface area contributed by atoms with Crippen LogP contribution in [0.1, 0.15) is 43.0 Å². The number of hydrogen-bond acceptors (Lipinski definition) is 5. The highest BCUT2D eigenvalue weighted by Gasteiger charge is 2.18. The molecule has 0 aliphatic carbocycles. The van der Waals surface area contributed by atoms with E-state index in [-0.39, 0.29) is 11.8 Å². The average molecular weight is 370 g/mol. The first kappa shape index (κ1) is 19.6. The summed E-state index contributed by atoms with van der Waals surface area (Å²) in [4.78, 5) is 17.0. The predicted molar refractivity (Wildman–Crippen MR) is 107 cm³/mol. The van der Waals surface area contributed by atoms with Gasteiger partial charge in [-0.3, -0.25) is 19.9 Å². The number of carbonyl (C=O) groups is 1. The SMILES string of the molecule is Cc1ccccc1CN1CCCN(CC(=O)Nc2cc(C(C)C)no2)CC1. The van der Waals surface area contributed by atoms with Crippen molar-refractivity contribution in [1.29, 1.82) is 0 Å². The maximum atomic E-state index is 12.3. The molecule has 27 heavy (non-hydrogen) atoms. The molecular formula is C21H30N4O2. The molecule has 0 radical (unpaired) electrons. The summed E-state index contributed by atoms with van der Waals surface area (Å²) in [6.07, 6.45) is 1.07. The van der Waals surface area contributed by atoms with Crippen molar-refractivity contribution in [3.63, 3.8) is 0 Å². The van der Waals surface area contributed by atoms with E-state index >= 15 is 0 Å². The molecule has 1 amide bonds. The number of benzene rings is 1. The molecule has 1 N–H and O–H groups in total. The van der Waals surface area contributed by atoms with Gasteiger partial charge in [-0.1, -0.05) is 43.3 Å². The van der Waals surface area contributed by atoms with E-state index in [1.54, 1.807) is 6.07 Å². The van der Waals surface area contributed by atoms with Crippen LogP contribution >= 0.6 is 0 Å². The monoisotopic (exact) mass is 370 g/mol. The van der Waals surface area contributed by atoms with Crippen molar-refractivity contribution in [2.75, 3.05) is 38.0 Å². The molecule has 1 saturated heterocycles. The van der Waals surface area contributed by atoms with Crippen LogP contribution in [-0.4, -0.2) is 53.6 Å². The molecule has 1 aromatic carbocycles. The van der Waals surface area contributed by atoms with Crippen LogP contribution in [-0.2, 0) is 11.3 Å². The van der Waals surface area contributed by atoms with Crippen LogP contribution in [0.15, 0.2) is 34.9 Å². The van der Waals surface area contributed by atoms with Crippen molar-refractivity contribution in [3.05, 3.63) is 47.2 Å². The maximum Gasteiger partial charge on any atom is 0.240 e. The number of carbonyl (C=O) groups excluding carboxylic acids is 1. The van der Waals surface area contributed by atoms with Gasteiger partial charge in [0.25, 0.3) is 0 Å². The zero-order valence-corrected chi connectivity index (χ0v) is 16.6. The van der Waals surface area contributed by atoms with Gasteiger partial charge in [0.2, 0.25) is 11.8 Å². The Kier molecular flexibility index (Phi) is 6.63. The standard InChI is InChI=1S/C21H30N4O2/c1-16(2)19-13-21(27-23-19)22-20(26)15-25-10-6-9-24(11-12-25)14-18-8-5-4-7-17(18)3/h4-5,7-8,13,16H,6,9-12,14-15H2,1-3H3,(H,22,26). The second-order valence-electron chi connectivity index (χ2n) is 7.65. The number of nitrogens with one attached hydrogen (secondary N) is 1. The Morgan fingerprint density at radius 1 is 1.19 bits per heavy atom. The molecule has 2 aromatic rings. The van der Waals surface area contributed by atoms with Crippen LogP contribution in [0.2, 0.25) is 0 Å². The van der Waals surface area contributed by atoms with Gasteiger partial charge < -0.3 is 4.52 Å². The number of anilines is 1. The van der Waals surface area contributed by atoms with Crippen molar-refractivity contribution in [3.8, 4) is 0 Å². The zero-order chi connectivity index (χ0) is 19.2. The van der Waals surface area contributed by atoms with Crippen LogP contribution in [0.25, 0.3) is 0 Å². The van der Waals surface area contributed by atoms with Gasteiger partial charge in [-0.15, -0.1) is 0 Å². The lowest BCUT2D eigenvalue weighted by molar-refractivity contribution is -0.117. The largest absolute Gasteiger partial charge is 0.338 e. The highest BCUT2D eigenvalue weighted by Crippen LogP contribution is 2.17. The van der Waals surface area contributed by atoms with Gasteiger partial charge in [-0.2, -0.15) is 0 Å². The average Bonchev–Trinajstić information content (AvgIpc) is 2.99. The minimum Gasteiger partial charge on any atom is -0.338 e. The molecule has 3 rings (SSSR count). The predicted octanol–water partition coefficient (Wildman–Crippen LogP) is 3.25. The van der Waals surface area contributed by atoms with Gasteiger partial charge in [-0.05, 0) is 43.5 Å². The van der Waals surface area contributed by atoms with E-state index in [1.165, 1.54) is 11.1 Å². The van der Waals surface area contributed by atoms with Gasteiger partial charge in [-0.25, -0.2) is 0 Å². The third-order valence-electron chi connectivity index (χ3n) is 5.09. The molecule has 2 heterocycles. The Morgan fingerprint density at radius 2 is 1.93 bits per heavy atom. The van der Waals surface area contributed by atoms with Crippen LogP contribution in [0, 0.1) is 6.92 Å². The van der Waals surface area contributed by atoms with Crippen LogP contribution in [0.3, 0.4) is 0 Å². The Hall–Kier alpha value is -2.18. The van der Waals surface area contributed by atoms with Crippen LogP contribution in [0.5, 0.6) is 0 Å². The van der Waals surface area contributed by atoms with E-state index < -0.39 is 0 Å². The first-order chi connectivity index (χ1) is 13.0. The van der Waals surface area contributed by atoms with Crippen molar-refractivity contribution in [2.45, 2.75) is 39.7 Å². The third-order valence-corrected chi connectivity index (χ3v) is 5.09. The molecule has 6 nitrogen and oxygen atoms in total. The number of aryl methyl sites for hydroxylation is 1. The summed E-state index contributed by atoms with van der Waals surface area (Å²) in [5.74, 6) is 0.665. The normalized spacial score (nSPS) is 16.4. The topological polar surface area (TPSA) is 61.6 Å². The lowest BCUT2D eigenvalue weighted by Gasteiger charge is -2.22. The molecule has 146 valence electrons. The van der Waals surface area contributed by atoms with E-state index in [1.807, 2.05) is 13.8 Å². The van der Waals surface area contributed by atoms with E-state index in [2.05, 4.69) is 51.5 Å². The highest BCUT2D eigenvalue weighted by molar-refractivity contribution is 5.90. The molecule has 0 spiro atoms. The molecule has 6 heteroatoms. The summed E-state index contributed by atoms with van der Waals surface area (Å²) in [5.41, 5.74) is 3.58. The molecule has 0 unspecified atom stereocenters. The van der Waals surface area contributed by atoms with Gasteiger partial charge in [0.15, 0.2) is 0 Å². The third kappa shape index (κ3) is 5.65. The quantitative estimate of drug-likeness (QED) is 0.846. The highest BCUT2D eigenvalue weighted by atomic mass is 16.5. The maximum absolute atomic E-state index is 12.3. The molecular weight excluding hydrogens is 340 g/mol. The number of nitrogens with zero attached hydrogens (tertiary/aromatic N) is 3. The molecule has 1 aliphatic heterocycles. The fraction of sp³-hybridized carbons (Fsp3) is 0.524. The van der Waals surface area contributed by atoms with E-state index in [4.69, 9.17) is 4.52 Å². The number of aromatic nitrogens is 1. The van der Waals surface area contributed by atoms with Crippen molar-refractivity contribution in [1.82, 2.24) is 15.0 Å². The first-order valence-electron chi connectivity index (χ1n) is 9.77. The van der Waals surface area contributed by atoms with Crippen molar-refractivity contribution in [2.24, 2.45) is 0 Å². The van der Waals surface area contributed by atoms with E-state index in [0.717, 1.165) is 44.8 Å². The Labute approximate surface area is 161 Å². The van der Waals surface area contributed by atoms with Crippen molar-refractivity contribution >= 4 is 11.8 Å². The van der Waals surface area contributed by atoms with Crippen LogP contribution < -0.4 is 5.32 Å². The minimum atomic E-state index is -0.0474. The lowest BCUT2D eigenvalue weighted by Crippen LogP contribution is -2.36. The van der Waals surface area contributed by atoms with Gasteiger partial charge >= 0.3 is 0 Å². The smallest absolute Gasteiger partial charge is 0.240 e. The summed E-state index contributed by atoms with van der Waals surface area (Å²) in [7, 11) is 0. The first-order valence-corrected chi connectivity index (χ1v) is 9.77. The number of rotatable bonds is 6. The second kappa shape index (κ2) is 9.15. The fourth-order valence-electron chi connectivity index (χ4n) is 3.37. The molecule has 0 bridgehead atoms. The Balaban J connectivity index is 1.47. The Morgan fingerprint density at radius 3 is 2.67 bits per heavy atom. The fourth-order valence-corrected chi connectivity index (χ4v) is 3.37. The molecule has 1 aliphatic rings. The van der Waals surface area contributed by atoms with Crippen LogP contribution in [0.4, 0.5) is 5.88 Å². The van der Waals surface area contributed by atoms with Gasteiger partial charge in [0.05, 0.1) is 12.2 Å². The zero-order valence-electron chi connectivity index (χ0n) is 16.6. The number of hydrogen-bond donors (Lipinski definition) is 1. The minimum absolute atomic E-state index is 0.0474. The molecule has 0 atom stereocenters. The summed E-state index contributed by atoms with van der Waals surface area (Å²) >= 11 is 0. The summed E-state index contributed by atoms with van der Waals surface area (Å²) in [5, 5.41) is 6.80. The second-order valence-corrected chi connectivity index (χ2v) is 7.65. The summed E-state index contributed by atoms with van der Waals surface area (Å²) < 4.78 is 5.20. The molecule has 0 saturated carbocycles. The van der Waals surface area contributed by atoms with Gasteiger partial charge in [0, 0.05) is 25.7 Å². The van der Waals surface area contributed by atoms with E-state index in [0.29, 0.717) is 12.4 Å².